The van der Waals surface area contributed by atoms with Crippen LogP contribution in [0.15, 0.2) is 54.9 Å². The van der Waals surface area contributed by atoms with E-state index in [-0.39, 0.29) is 5.91 Å². The van der Waals surface area contributed by atoms with Crippen LogP contribution in [0.25, 0.3) is 5.69 Å². The Labute approximate surface area is 125 Å². The number of anilines is 1. The molecule has 21 heavy (non-hydrogen) atoms. The van der Waals surface area contributed by atoms with Gasteiger partial charge in [-0.15, -0.1) is 5.10 Å². The first kappa shape index (κ1) is 13.3. The first-order chi connectivity index (χ1) is 10.2. The number of nitrogens with one attached hydrogen (secondary N) is 1. The minimum absolute atomic E-state index is 0.208. The van der Waals surface area contributed by atoms with Crippen LogP contribution in [0.3, 0.4) is 0 Å². The van der Waals surface area contributed by atoms with Crippen molar-refractivity contribution in [2.75, 3.05) is 5.32 Å². The minimum atomic E-state index is -0.208. The Kier molecular flexibility index (Phi) is 3.61. The second-order valence-corrected chi connectivity index (χ2v) is 4.70. The second-order valence-electron chi connectivity index (χ2n) is 4.27. The average Bonchev–Trinajstić information content (AvgIpc) is 3.02. The number of carbonyl (C=O) groups is 1. The van der Waals surface area contributed by atoms with E-state index in [0.717, 1.165) is 5.69 Å². The third kappa shape index (κ3) is 3.06. The van der Waals surface area contributed by atoms with Gasteiger partial charge in [0.1, 0.15) is 6.33 Å². The molecule has 0 aliphatic rings. The van der Waals surface area contributed by atoms with Gasteiger partial charge >= 0.3 is 0 Å². The molecule has 0 unspecified atom stereocenters. The number of halogens is 1. The van der Waals surface area contributed by atoms with E-state index in [1.807, 2.05) is 12.1 Å². The maximum atomic E-state index is 12.1. The van der Waals surface area contributed by atoms with Gasteiger partial charge in [0.15, 0.2) is 0 Å². The van der Waals surface area contributed by atoms with Gasteiger partial charge in [0, 0.05) is 16.3 Å². The van der Waals surface area contributed by atoms with Gasteiger partial charge in [-0.2, -0.15) is 0 Å². The molecule has 0 bridgehead atoms. The maximum Gasteiger partial charge on any atom is 0.255 e. The molecule has 0 aliphatic heterocycles. The zero-order valence-corrected chi connectivity index (χ0v) is 11.5. The molecule has 0 saturated heterocycles. The molecule has 104 valence electrons. The third-order valence-electron chi connectivity index (χ3n) is 2.82. The van der Waals surface area contributed by atoms with Gasteiger partial charge in [-0.05, 0) is 52.9 Å². The zero-order valence-electron chi connectivity index (χ0n) is 10.8. The van der Waals surface area contributed by atoms with Gasteiger partial charge in [0.2, 0.25) is 0 Å². The van der Waals surface area contributed by atoms with Crippen LogP contribution in [0.2, 0.25) is 5.02 Å². The predicted octanol–water partition coefficient (Wildman–Crippen LogP) is 2.57. The molecule has 1 aromatic heterocycles. The zero-order chi connectivity index (χ0) is 14.7. The number of nitrogens with zero attached hydrogens (tertiary/aromatic N) is 4. The summed E-state index contributed by atoms with van der Waals surface area (Å²) >= 11 is 5.80. The molecule has 3 rings (SSSR count). The predicted molar refractivity (Wildman–Crippen MR) is 78.6 cm³/mol. The molecule has 0 fully saturated rings. The van der Waals surface area contributed by atoms with Crippen molar-refractivity contribution in [3.63, 3.8) is 0 Å². The summed E-state index contributed by atoms with van der Waals surface area (Å²) in [4.78, 5) is 12.1. The fraction of sp³-hybridized carbons (Fsp3) is 0. The van der Waals surface area contributed by atoms with E-state index in [1.54, 1.807) is 36.4 Å². The average molecular weight is 300 g/mol. The molecule has 6 nitrogen and oxygen atoms in total. The van der Waals surface area contributed by atoms with Crippen molar-refractivity contribution in [1.29, 1.82) is 0 Å². The number of hydrogen-bond acceptors (Lipinski definition) is 4. The lowest BCUT2D eigenvalue weighted by Gasteiger charge is -2.07. The lowest BCUT2D eigenvalue weighted by Crippen LogP contribution is -2.12. The van der Waals surface area contributed by atoms with Crippen molar-refractivity contribution in [2.24, 2.45) is 0 Å². The van der Waals surface area contributed by atoms with Crippen molar-refractivity contribution in [3.05, 3.63) is 65.4 Å². The van der Waals surface area contributed by atoms with E-state index >= 15 is 0 Å². The highest BCUT2D eigenvalue weighted by Crippen LogP contribution is 2.15. The molecule has 3 aromatic rings. The fourth-order valence-corrected chi connectivity index (χ4v) is 1.94. The smallest absolute Gasteiger partial charge is 0.255 e. The highest BCUT2D eigenvalue weighted by molar-refractivity contribution is 6.30. The van der Waals surface area contributed by atoms with Gasteiger partial charge in [0.25, 0.3) is 5.91 Å². The van der Waals surface area contributed by atoms with Crippen LogP contribution >= 0.6 is 11.6 Å². The van der Waals surface area contributed by atoms with Crippen LogP contribution in [0.4, 0.5) is 5.69 Å². The van der Waals surface area contributed by atoms with E-state index < -0.39 is 0 Å². The Morgan fingerprint density at radius 1 is 1.14 bits per heavy atom. The molecular weight excluding hydrogens is 290 g/mol. The number of aromatic nitrogens is 4. The van der Waals surface area contributed by atoms with E-state index in [2.05, 4.69) is 20.8 Å². The number of rotatable bonds is 3. The van der Waals surface area contributed by atoms with Crippen LogP contribution in [0.5, 0.6) is 0 Å². The SMILES string of the molecule is O=C(Nc1cccc(-n2cnnn2)c1)c1ccc(Cl)cc1. The molecule has 7 heteroatoms. The minimum Gasteiger partial charge on any atom is -0.322 e. The van der Waals surface area contributed by atoms with E-state index in [4.69, 9.17) is 11.6 Å². The van der Waals surface area contributed by atoms with Gasteiger partial charge in [-0.1, -0.05) is 17.7 Å². The monoisotopic (exact) mass is 299 g/mol. The largest absolute Gasteiger partial charge is 0.322 e. The van der Waals surface area contributed by atoms with Crippen LogP contribution in [-0.4, -0.2) is 26.1 Å². The Hall–Kier alpha value is -2.73. The van der Waals surface area contributed by atoms with Crippen LogP contribution in [0.1, 0.15) is 10.4 Å². The summed E-state index contributed by atoms with van der Waals surface area (Å²) < 4.78 is 1.51. The first-order valence-corrected chi connectivity index (χ1v) is 6.50. The highest BCUT2D eigenvalue weighted by atomic mass is 35.5. The van der Waals surface area contributed by atoms with Gasteiger partial charge < -0.3 is 5.32 Å². The molecular formula is C14H10ClN5O. The Morgan fingerprint density at radius 3 is 2.67 bits per heavy atom. The molecule has 0 saturated carbocycles. The molecule has 0 spiro atoms. The van der Waals surface area contributed by atoms with Crippen molar-refractivity contribution >= 4 is 23.2 Å². The Morgan fingerprint density at radius 2 is 1.95 bits per heavy atom. The molecule has 1 amide bonds. The number of tetrazole rings is 1. The van der Waals surface area contributed by atoms with E-state index in [9.17, 15) is 4.79 Å². The summed E-state index contributed by atoms with van der Waals surface area (Å²) in [6, 6.07) is 13.9. The number of amides is 1. The number of carbonyl (C=O) groups excluding carboxylic acids is 1. The van der Waals surface area contributed by atoms with Gasteiger partial charge in [0.05, 0.1) is 5.69 Å². The van der Waals surface area contributed by atoms with Crippen LogP contribution in [-0.2, 0) is 0 Å². The summed E-state index contributed by atoms with van der Waals surface area (Å²) in [7, 11) is 0. The van der Waals surface area contributed by atoms with Crippen LogP contribution < -0.4 is 5.32 Å². The molecule has 0 radical (unpaired) electrons. The first-order valence-electron chi connectivity index (χ1n) is 6.13. The summed E-state index contributed by atoms with van der Waals surface area (Å²) in [5.41, 5.74) is 1.95. The van der Waals surface area contributed by atoms with Gasteiger partial charge in [-0.25, -0.2) is 4.68 Å². The van der Waals surface area contributed by atoms with Crippen molar-refractivity contribution < 1.29 is 4.79 Å². The fourth-order valence-electron chi connectivity index (χ4n) is 1.81. The Bertz CT molecular complexity index is 755. The number of benzene rings is 2. The molecule has 0 aliphatic carbocycles. The Balaban J connectivity index is 1.80. The number of hydrogen-bond donors (Lipinski definition) is 1. The van der Waals surface area contributed by atoms with Crippen molar-refractivity contribution in [3.8, 4) is 5.69 Å². The van der Waals surface area contributed by atoms with Crippen molar-refractivity contribution in [1.82, 2.24) is 20.2 Å². The normalized spacial score (nSPS) is 10.3. The summed E-state index contributed by atoms with van der Waals surface area (Å²) in [6.45, 7) is 0. The summed E-state index contributed by atoms with van der Waals surface area (Å²) in [6.07, 6.45) is 1.49. The van der Waals surface area contributed by atoms with E-state index in [0.29, 0.717) is 16.3 Å². The maximum absolute atomic E-state index is 12.1. The second kappa shape index (κ2) is 5.72. The third-order valence-corrected chi connectivity index (χ3v) is 3.08. The topological polar surface area (TPSA) is 72.7 Å². The quantitative estimate of drug-likeness (QED) is 0.806. The molecule has 1 heterocycles. The molecule has 1 N–H and O–H groups in total. The standard InChI is InChI=1S/C14H10ClN5O/c15-11-6-4-10(5-7-11)14(21)17-12-2-1-3-13(8-12)20-9-16-18-19-20/h1-9H,(H,17,21). The lowest BCUT2D eigenvalue weighted by molar-refractivity contribution is 0.102. The summed E-state index contributed by atoms with van der Waals surface area (Å²) in [5.74, 6) is -0.208. The molecule has 2 aromatic carbocycles. The molecule has 0 atom stereocenters. The van der Waals surface area contributed by atoms with Gasteiger partial charge in [-0.3, -0.25) is 4.79 Å². The van der Waals surface area contributed by atoms with Crippen LogP contribution in [0, 0.1) is 0 Å². The lowest BCUT2D eigenvalue weighted by atomic mass is 10.2. The van der Waals surface area contributed by atoms with Crippen molar-refractivity contribution in [2.45, 2.75) is 0 Å². The van der Waals surface area contributed by atoms with E-state index in [1.165, 1.54) is 11.0 Å². The highest BCUT2D eigenvalue weighted by Gasteiger charge is 2.07. The summed E-state index contributed by atoms with van der Waals surface area (Å²) in [5, 5.41) is 14.4.